The molecule has 0 saturated heterocycles. The molecule has 0 saturated carbocycles. The molecule has 10 heteroatoms. The summed E-state index contributed by atoms with van der Waals surface area (Å²) < 4.78 is 16.6. The molecule has 0 unspecified atom stereocenters. The van der Waals surface area contributed by atoms with Crippen molar-refractivity contribution in [2.24, 2.45) is 0 Å². The first-order valence-corrected chi connectivity index (χ1v) is 11.4. The first-order chi connectivity index (χ1) is 15.1. The Hall–Kier alpha value is -3.11. The minimum Gasteiger partial charge on any atom is -0.494 e. The summed E-state index contributed by atoms with van der Waals surface area (Å²) in [6.07, 6.45) is 1.64. The third-order valence-electron chi connectivity index (χ3n) is 5.10. The number of rotatable bonds is 3. The molecule has 0 aliphatic carbocycles. The number of anilines is 1. The van der Waals surface area contributed by atoms with E-state index in [1.165, 1.54) is 24.7 Å². The van der Waals surface area contributed by atoms with E-state index in [0.717, 1.165) is 31.2 Å². The number of methoxy groups -OCH3 is 1. The normalized spacial score (nSPS) is 15.5. The zero-order chi connectivity index (χ0) is 21.4. The predicted molar refractivity (Wildman–Crippen MR) is 118 cm³/mol. The molecule has 160 valence electrons. The lowest BCUT2D eigenvalue weighted by molar-refractivity contribution is -0.117. The first-order valence-electron chi connectivity index (χ1n) is 9.73. The Morgan fingerprint density at radius 3 is 2.87 bits per heavy atom. The Bertz CT molecular complexity index is 1170. The van der Waals surface area contributed by atoms with E-state index in [0.29, 0.717) is 37.7 Å². The fourth-order valence-corrected chi connectivity index (χ4v) is 6.00. The van der Waals surface area contributed by atoms with Crippen LogP contribution < -0.4 is 5.32 Å². The zero-order valence-electron chi connectivity index (χ0n) is 16.7. The monoisotopic (exact) mass is 457 g/mol. The highest BCUT2D eigenvalue weighted by molar-refractivity contribution is 7.23. The van der Waals surface area contributed by atoms with Crippen molar-refractivity contribution < 1.29 is 23.8 Å². The van der Waals surface area contributed by atoms with Crippen molar-refractivity contribution in [2.45, 2.75) is 13.0 Å². The van der Waals surface area contributed by atoms with Gasteiger partial charge in [0.1, 0.15) is 29.5 Å². The largest absolute Gasteiger partial charge is 0.494 e. The van der Waals surface area contributed by atoms with Crippen LogP contribution in [0.1, 0.15) is 10.4 Å². The SMILES string of the molecule is COC(=O)N1CCc2c(sc(NC(=O)C3=COCCO3)c2-c2nc3ccccc3s2)C1. The van der Waals surface area contributed by atoms with E-state index in [4.69, 9.17) is 19.2 Å². The summed E-state index contributed by atoms with van der Waals surface area (Å²) >= 11 is 3.04. The highest BCUT2D eigenvalue weighted by Gasteiger charge is 2.30. The standard InChI is InChI=1S/C21H19N3O5S2/c1-27-21(26)24-7-6-12-16(10-24)31-20(23-18(25)14-11-28-8-9-29-14)17(12)19-22-13-4-2-3-5-15(13)30-19/h2-5,11H,6-10H2,1H3,(H,23,25). The van der Waals surface area contributed by atoms with Gasteiger partial charge in [0.05, 0.1) is 23.9 Å². The number of amides is 2. The van der Waals surface area contributed by atoms with Gasteiger partial charge in [-0.25, -0.2) is 9.78 Å². The predicted octanol–water partition coefficient (Wildman–Crippen LogP) is 3.98. The second-order valence-electron chi connectivity index (χ2n) is 6.99. The number of fused-ring (bicyclic) bond motifs is 2. The van der Waals surface area contributed by atoms with Gasteiger partial charge in [0.2, 0.25) is 5.76 Å². The molecule has 5 rings (SSSR count). The van der Waals surface area contributed by atoms with Gasteiger partial charge in [-0.3, -0.25) is 4.79 Å². The molecular formula is C21H19N3O5S2. The van der Waals surface area contributed by atoms with Gasteiger partial charge in [-0.15, -0.1) is 22.7 Å². The Labute approximate surface area is 186 Å². The van der Waals surface area contributed by atoms with Gasteiger partial charge in [-0.1, -0.05) is 12.1 Å². The number of benzene rings is 1. The molecule has 0 radical (unpaired) electrons. The van der Waals surface area contributed by atoms with Gasteiger partial charge in [-0.2, -0.15) is 0 Å². The van der Waals surface area contributed by atoms with E-state index >= 15 is 0 Å². The minimum absolute atomic E-state index is 0.143. The number of hydrogen-bond donors (Lipinski definition) is 1. The lowest BCUT2D eigenvalue weighted by atomic mass is 10.0. The van der Waals surface area contributed by atoms with Crippen LogP contribution in [0, 0.1) is 0 Å². The average Bonchev–Trinajstić information content (AvgIpc) is 3.38. The number of nitrogens with one attached hydrogen (secondary N) is 1. The van der Waals surface area contributed by atoms with Gasteiger partial charge in [-0.05, 0) is 24.1 Å². The van der Waals surface area contributed by atoms with Crippen LogP contribution in [-0.4, -0.2) is 48.8 Å². The van der Waals surface area contributed by atoms with Crippen LogP contribution in [0.4, 0.5) is 9.80 Å². The van der Waals surface area contributed by atoms with Crippen molar-refractivity contribution in [3.05, 3.63) is 46.7 Å². The van der Waals surface area contributed by atoms with Gasteiger partial charge in [0.15, 0.2) is 0 Å². The van der Waals surface area contributed by atoms with E-state index in [1.807, 2.05) is 24.3 Å². The molecule has 0 atom stereocenters. The number of hydrogen-bond acceptors (Lipinski definition) is 8. The molecule has 2 aliphatic rings. The number of carbonyl (C=O) groups excluding carboxylic acids is 2. The number of para-hydroxylation sites is 1. The maximum absolute atomic E-state index is 12.8. The molecule has 4 heterocycles. The van der Waals surface area contributed by atoms with Crippen molar-refractivity contribution >= 4 is 49.9 Å². The number of thiophene rings is 1. The minimum atomic E-state index is -0.370. The van der Waals surface area contributed by atoms with Crippen LogP contribution in [0.25, 0.3) is 20.8 Å². The number of aromatic nitrogens is 1. The van der Waals surface area contributed by atoms with E-state index in [9.17, 15) is 9.59 Å². The molecule has 0 bridgehead atoms. The quantitative estimate of drug-likeness (QED) is 0.640. The summed E-state index contributed by atoms with van der Waals surface area (Å²) in [6.45, 7) is 1.73. The van der Waals surface area contributed by atoms with Crippen molar-refractivity contribution in [1.82, 2.24) is 9.88 Å². The van der Waals surface area contributed by atoms with Crippen LogP contribution in [0.2, 0.25) is 0 Å². The summed E-state index contributed by atoms with van der Waals surface area (Å²) in [6, 6.07) is 7.95. The molecule has 2 aliphatic heterocycles. The summed E-state index contributed by atoms with van der Waals surface area (Å²) in [4.78, 5) is 32.3. The van der Waals surface area contributed by atoms with Crippen molar-refractivity contribution in [2.75, 3.05) is 32.2 Å². The van der Waals surface area contributed by atoms with Crippen LogP contribution in [0.5, 0.6) is 0 Å². The first kappa shape index (κ1) is 19.8. The molecule has 1 aromatic carbocycles. The number of thiazole rings is 1. The number of ether oxygens (including phenoxy) is 3. The highest BCUT2D eigenvalue weighted by atomic mass is 32.1. The van der Waals surface area contributed by atoms with Crippen LogP contribution >= 0.6 is 22.7 Å². The molecule has 1 N–H and O–H groups in total. The van der Waals surface area contributed by atoms with E-state index in [-0.39, 0.29) is 17.8 Å². The Balaban J connectivity index is 1.56. The van der Waals surface area contributed by atoms with Gasteiger partial charge in [0.25, 0.3) is 5.91 Å². The lowest BCUT2D eigenvalue weighted by Crippen LogP contribution is -2.35. The van der Waals surface area contributed by atoms with Crippen LogP contribution in [0.15, 0.2) is 36.3 Å². The molecule has 0 fully saturated rings. The Morgan fingerprint density at radius 1 is 1.23 bits per heavy atom. The molecule has 8 nitrogen and oxygen atoms in total. The Morgan fingerprint density at radius 2 is 2.10 bits per heavy atom. The molecule has 0 spiro atoms. The molecule has 2 aromatic heterocycles. The summed E-state index contributed by atoms with van der Waals surface area (Å²) in [5, 5.41) is 4.51. The van der Waals surface area contributed by atoms with Gasteiger partial charge in [0, 0.05) is 17.0 Å². The fraction of sp³-hybridized carbons (Fsp3) is 0.286. The van der Waals surface area contributed by atoms with Crippen molar-refractivity contribution in [3.63, 3.8) is 0 Å². The highest BCUT2D eigenvalue weighted by Crippen LogP contribution is 2.45. The van der Waals surface area contributed by atoms with E-state index in [2.05, 4.69) is 5.32 Å². The third-order valence-corrected chi connectivity index (χ3v) is 7.28. The van der Waals surface area contributed by atoms with Crippen LogP contribution in [0.3, 0.4) is 0 Å². The van der Waals surface area contributed by atoms with E-state index < -0.39 is 0 Å². The second kappa shape index (κ2) is 8.20. The average molecular weight is 458 g/mol. The fourth-order valence-electron chi connectivity index (χ4n) is 3.63. The summed E-state index contributed by atoms with van der Waals surface area (Å²) in [5.41, 5.74) is 2.93. The van der Waals surface area contributed by atoms with E-state index in [1.54, 1.807) is 16.2 Å². The van der Waals surface area contributed by atoms with Gasteiger partial charge >= 0.3 is 6.09 Å². The summed E-state index contributed by atoms with van der Waals surface area (Å²) in [5.74, 6) is -0.227. The van der Waals surface area contributed by atoms with Crippen molar-refractivity contribution in [1.29, 1.82) is 0 Å². The molecule has 2 amide bonds. The molecule has 31 heavy (non-hydrogen) atoms. The molecular weight excluding hydrogens is 438 g/mol. The topological polar surface area (TPSA) is 90.0 Å². The second-order valence-corrected chi connectivity index (χ2v) is 9.13. The number of carbonyl (C=O) groups is 2. The van der Waals surface area contributed by atoms with Gasteiger partial charge < -0.3 is 24.4 Å². The maximum Gasteiger partial charge on any atom is 0.409 e. The van der Waals surface area contributed by atoms with Crippen molar-refractivity contribution in [3.8, 4) is 10.6 Å². The zero-order valence-corrected chi connectivity index (χ0v) is 18.3. The smallest absolute Gasteiger partial charge is 0.409 e. The lowest BCUT2D eigenvalue weighted by Gasteiger charge is -2.25. The number of nitrogens with zero attached hydrogens (tertiary/aromatic N) is 2. The maximum atomic E-state index is 12.8. The third kappa shape index (κ3) is 3.72. The van der Waals surface area contributed by atoms with Crippen LogP contribution in [-0.2, 0) is 32.0 Å². The molecule has 3 aromatic rings. The Kier molecular flexibility index (Phi) is 5.24. The summed E-state index contributed by atoms with van der Waals surface area (Å²) in [7, 11) is 1.38.